The van der Waals surface area contributed by atoms with Gasteiger partial charge in [-0.25, -0.2) is 4.68 Å². The number of allylic oxidation sites excluding steroid dienone is 1. The molecular weight excluding hydrogens is 502 g/mol. The summed E-state index contributed by atoms with van der Waals surface area (Å²) in [5, 5.41) is 13.1. The van der Waals surface area contributed by atoms with Crippen LogP contribution >= 0.6 is 27.3 Å². The summed E-state index contributed by atoms with van der Waals surface area (Å²) in [5.41, 5.74) is 2.90. The number of fused-ring (bicyclic) bond motifs is 1. The first-order chi connectivity index (χ1) is 16.0. The molecule has 0 saturated carbocycles. The van der Waals surface area contributed by atoms with Crippen LogP contribution in [-0.2, 0) is 4.79 Å². The molecule has 2 aromatic carbocycles. The number of benzene rings is 2. The molecule has 0 aliphatic carbocycles. The Bertz CT molecular complexity index is 1350. The molecule has 0 spiro atoms. The predicted octanol–water partition coefficient (Wildman–Crippen LogP) is 5.71. The van der Waals surface area contributed by atoms with Crippen LogP contribution < -0.4 is 15.4 Å². The van der Waals surface area contributed by atoms with E-state index in [2.05, 4.69) is 26.6 Å². The van der Waals surface area contributed by atoms with E-state index >= 15 is 0 Å². The number of rotatable bonds is 5. The highest BCUT2D eigenvalue weighted by Crippen LogP contribution is 2.38. The van der Waals surface area contributed by atoms with Crippen molar-refractivity contribution in [3.63, 3.8) is 0 Å². The molecule has 1 aliphatic heterocycles. The predicted molar refractivity (Wildman–Crippen MR) is 134 cm³/mol. The highest BCUT2D eigenvalue weighted by molar-refractivity contribution is 9.10. The first-order valence-corrected chi connectivity index (χ1v) is 11.9. The van der Waals surface area contributed by atoms with Crippen LogP contribution in [0.2, 0.25) is 0 Å². The lowest BCUT2D eigenvalue weighted by molar-refractivity contribution is -0.113. The summed E-state index contributed by atoms with van der Waals surface area (Å²) in [7, 11) is 1.61. The fraction of sp³-hybridized carbons (Fsp3) is 0.125. The third-order valence-corrected chi connectivity index (χ3v) is 6.71. The topological polar surface area (TPSA) is 81.1 Å². The Kier molecular flexibility index (Phi) is 5.74. The molecule has 7 nitrogen and oxygen atoms in total. The molecule has 5 rings (SSSR count). The maximum atomic E-state index is 13.5. The molecule has 2 aromatic heterocycles. The van der Waals surface area contributed by atoms with E-state index in [0.29, 0.717) is 23.0 Å². The van der Waals surface area contributed by atoms with E-state index < -0.39 is 6.04 Å². The van der Waals surface area contributed by atoms with Gasteiger partial charge in [-0.3, -0.25) is 4.79 Å². The SMILES string of the molecule is COc1ccc(NC(=O)C2=C(C)Nc3nc(-c4cccs4)nn3[C@H]2c2cccc(Br)c2)cc1. The van der Waals surface area contributed by atoms with Gasteiger partial charge >= 0.3 is 0 Å². The summed E-state index contributed by atoms with van der Waals surface area (Å²) in [6, 6.07) is 18.6. The van der Waals surface area contributed by atoms with Crippen molar-refractivity contribution in [3.05, 3.63) is 87.4 Å². The standard InChI is InChI=1S/C24H20BrN5O2S/c1-14-20(23(31)27-17-8-10-18(32-2)11-9-17)21(15-5-3-6-16(25)13-15)30-24(26-14)28-22(29-30)19-7-4-12-33-19/h3-13,21H,1-2H3,(H,27,31)(H,26,28,29)/t21-/m0/s1. The third kappa shape index (κ3) is 4.17. The zero-order valence-corrected chi connectivity index (χ0v) is 20.3. The van der Waals surface area contributed by atoms with Crippen LogP contribution in [-0.4, -0.2) is 27.8 Å². The van der Waals surface area contributed by atoms with Crippen molar-refractivity contribution in [3.8, 4) is 16.5 Å². The molecule has 0 fully saturated rings. The maximum Gasteiger partial charge on any atom is 0.255 e. The Hall–Kier alpha value is -3.43. The van der Waals surface area contributed by atoms with E-state index in [-0.39, 0.29) is 5.91 Å². The van der Waals surface area contributed by atoms with Gasteiger partial charge in [0.2, 0.25) is 5.95 Å². The summed E-state index contributed by atoms with van der Waals surface area (Å²) in [4.78, 5) is 19.2. The van der Waals surface area contributed by atoms with Gasteiger partial charge in [0.15, 0.2) is 5.82 Å². The van der Waals surface area contributed by atoms with Gasteiger partial charge in [-0.05, 0) is 60.3 Å². The molecule has 0 unspecified atom stereocenters. The van der Waals surface area contributed by atoms with Crippen molar-refractivity contribution in [1.82, 2.24) is 14.8 Å². The lowest BCUT2D eigenvalue weighted by Crippen LogP contribution is -2.31. The number of nitrogens with one attached hydrogen (secondary N) is 2. The number of halogens is 1. The van der Waals surface area contributed by atoms with Gasteiger partial charge in [0.1, 0.15) is 11.8 Å². The summed E-state index contributed by atoms with van der Waals surface area (Å²) in [6.45, 7) is 1.89. The van der Waals surface area contributed by atoms with Crippen LogP contribution in [0.1, 0.15) is 18.5 Å². The molecule has 9 heteroatoms. The van der Waals surface area contributed by atoms with Crippen molar-refractivity contribution in [1.29, 1.82) is 0 Å². The van der Waals surface area contributed by atoms with Crippen molar-refractivity contribution in [2.24, 2.45) is 0 Å². The number of carbonyl (C=O) groups is 1. The lowest BCUT2D eigenvalue weighted by Gasteiger charge is -2.28. The summed E-state index contributed by atoms with van der Waals surface area (Å²) in [6.07, 6.45) is 0. The first kappa shape index (κ1) is 21.4. The average molecular weight is 522 g/mol. The smallest absolute Gasteiger partial charge is 0.255 e. The number of methoxy groups -OCH3 is 1. The largest absolute Gasteiger partial charge is 0.497 e. The minimum atomic E-state index is -0.446. The van der Waals surface area contributed by atoms with E-state index in [9.17, 15) is 4.79 Å². The van der Waals surface area contributed by atoms with Crippen LogP contribution in [0.4, 0.5) is 11.6 Å². The van der Waals surface area contributed by atoms with Gasteiger partial charge in [-0.1, -0.05) is 34.1 Å². The van der Waals surface area contributed by atoms with E-state index in [4.69, 9.17) is 14.8 Å². The Labute approximate surface area is 203 Å². The molecule has 3 heterocycles. The number of carbonyl (C=O) groups excluding carboxylic acids is 1. The van der Waals surface area contributed by atoms with Crippen LogP contribution in [0.5, 0.6) is 5.75 Å². The molecule has 0 bridgehead atoms. The van der Waals surface area contributed by atoms with Crippen LogP contribution in [0.25, 0.3) is 10.7 Å². The molecule has 1 amide bonds. The summed E-state index contributed by atoms with van der Waals surface area (Å²) in [5.74, 6) is 1.73. The Morgan fingerprint density at radius 1 is 1.18 bits per heavy atom. The van der Waals surface area contributed by atoms with Gasteiger partial charge in [-0.15, -0.1) is 16.4 Å². The Morgan fingerprint density at radius 2 is 2.00 bits per heavy atom. The number of nitrogens with zero attached hydrogens (tertiary/aromatic N) is 3. The molecule has 1 aliphatic rings. The van der Waals surface area contributed by atoms with E-state index in [1.54, 1.807) is 23.1 Å². The molecule has 2 N–H and O–H groups in total. The van der Waals surface area contributed by atoms with Crippen LogP contribution in [0.15, 0.2) is 81.8 Å². The zero-order chi connectivity index (χ0) is 22.9. The number of aromatic nitrogens is 3. The van der Waals surface area contributed by atoms with Crippen molar-refractivity contribution in [2.75, 3.05) is 17.7 Å². The highest BCUT2D eigenvalue weighted by Gasteiger charge is 2.34. The average Bonchev–Trinajstić information content (AvgIpc) is 3.48. The zero-order valence-electron chi connectivity index (χ0n) is 17.9. The van der Waals surface area contributed by atoms with Crippen molar-refractivity contribution in [2.45, 2.75) is 13.0 Å². The first-order valence-electron chi connectivity index (χ1n) is 10.2. The van der Waals surface area contributed by atoms with E-state index in [1.807, 2.05) is 73.0 Å². The van der Waals surface area contributed by atoms with Crippen molar-refractivity contribution >= 4 is 44.8 Å². The quantitative estimate of drug-likeness (QED) is 0.351. The van der Waals surface area contributed by atoms with Crippen LogP contribution in [0, 0.1) is 0 Å². The highest BCUT2D eigenvalue weighted by atomic mass is 79.9. The second-order valence-corrected chi connectivity index (χ2v) is 9.35. The maximum absolute atomic E-state index is 13.5. The molecular formula is C24H20BrN5O2S. The molecule has 1 atom stereocenters. The number of amides is 1. The van der Waals surface area contributed by atoms with Crippen molar-refractivity contribution < 1.29 is 9.53 Å². The van der Waals surface area contributed by atoms with Gasteiger partial charge < -0.3 is 15.4 Å². The number of hydrogen-bond acceptors (Lipinski definition) is 6. The third-order valence-electron chi connectivity index (χ3n) is 5.35. The second-order valence-electron chi connectivity index (χ2n) is 7.48. The van der Waals surface area contributed by atoms with Gasteiger partial charge in [0.25, 0.3) is 5.91 Å². The minimum Gasteiger partial charge on any atom is -0.497 e. The normalized spacial score (nSPS) is 15.1. The fourth-order valence-corrected chi connectivity index (χ4v) is 4.88. The summed E-state index contributed by atoms with van der Waals surface area (Å²) < 4.78 is 7.92. The van der Waals surface area contributed by atoms with Gasteiger partial charge in [-0.2, -0.15) is 4.98 Å². The molecule has 166 valence electrons. The summed E-state index contributed by atoms with van der Waals surface area (Å²) >= 11 is 5.13. The molecule has 0 saturated heterocycles. The molecule has 4 aromatic rings. The number of thiophene rings is 1. The molecule has 33 heavy (non-hydrogen) atoms. The molecule has 0 radical (unpaired) electrons. The number of anilines is 2. The number of hydrogen-bond donors (Lipinski definition) is 2. The number of ether oxygens (including phenoxy) is 1. The lowest BCUT2D eigenvalue weighted by atomic mass is 9.95. The Morgan fingerprint density at radius 3 is 2.70 bits per heavy atom. The monoisotopic (exact) mass is 521 g/mol. The fourth-order valence-electron chi connectivity index (χ4n) is 3.81. The van der Waals surface area contributed by atoms with Gasteiger partial charge in [0.05, 0.1) is 17.6 Å². The van der Waals surface area contributed by atoms with Gasteiger partial charge in [0, 0.05) is 15.9 Å². The van der Waals surface area contributed by atoms with E-state index in [1.165, 1.54) is 0 Å². The minimum absolute atomic E-state index is 0.214. The van der Waals surface area contributed by atoms with Crippen LogP contribution in [0.3, 0.4) is 0 Å². The van der Waals surface area contributed by atoms with E-state index in [0.717, 1.165) is 26.4 Å². The second kappa shape index (κ2) is 8.84. The Balaban J connectivity index is 1.57.